The summed E-state index contributed by atoms with van der Waals surface area (Å²) in [5, 5.41) is 0. The Balaban J connectivity index is 0.00000169. The van der Waals surface area contributed by atoms with Gasteiger partial charge in [-0.3, -0.25) is 4.79 Å². The van der Waals surface area contributed by atoms with Crippen LogP contribution in [-0.4, -0.2) is 39.2 Å². The summed E-state index contributed by atoms with van der Waals surface area (Å²) in [6, 6.07) is 0.0224. The van der Waals surface area contributed by atoms with E-state index in [9.17, 15) is 4.79 Å². The number of aromatic nitrogens is 2. The van der Waals surface area contributed by atoms with Crippen molar-refractivity contribution in [3.8, 4) is 0 Å². The topological polar surface area (TPSA) is 72.1 Å². The van der Waals surface area contributed by atoms with Crippen molar-refractivity contribution in [3.63, 3.8) is 0 Å². The van der Waals surface area contributed by atoms with E-state index in [2.05, 4.69) is 8.75 Å². The molecule has 0 fully saturated rings. The average molecular weight is 237 g/mol. The summed E-state index contributed by atoms with van der Waals surface area (Å²) < 4.78 is 7.62. The predicted octanol–water partition coefficient (Wildman–Crippen LogP) is 0.379. The van der Waals surface area contributed by atoms with Gasteiger partial charge < -0.3 is 10.6 Å². The molecule has 0 saturated carbocycles. The number of carbonyl (C=O) groups excluding carboxylic acids is 1. The molecule has 1 aromatic rings. The first kappa shape index (κ1) is 13.3. The fraction of sp³-hybridized carbons (Fsp3) is 0.571. The molecule has 7 heteroatoms. The zero-order valence-electron chi connectivity index (χ0n) is 8.01. The van der Waals surface area contributed by atoms with Gasteiger partial charge in [-0.15, -0.1) is 12.4 Å². The number of halogens is 1. The largest absolute Gasteiger partial charge is 0.336 e. The van der Waals surface area contributed by atoms with E-state index in [1.54, 1.807) is 11.9 Å². The van der Waals surface area contributed by atoms with Crippen LogP contribution >= 0.6 is 24.1 Å². The molecule has 0 aliphatic carbocycles. The number of rotatable bonds is 3. The van der Waals surface area contributed by atoms with E-state index >= 15 is 0 Å². The number of hydrogen-bond donors (Lipinski definition) is 1. The van der Waals surface area contributed by atoms with Crippen LogP contribution in [0.5, 0.6) is 0 Å². The van der Waals surface area contributed by atoms with Crippen LogP contribution < -0.4 is 5.73 Å². The van der Waals surface area contributed by atoms with Crippen molar-refractivity contribution in [2.75, 3.05) is 13.6 Å². The summed E-state index contributed by atoms with van der Waals surface area (Å²) in [6.45, 7) is 2.33. The summed E-state index contributed by atoms with van der Waals surface area (Å²) in [7, 11) is 1.71. The first-order chi connectivity index (χ1) is 6.16. The Labute approximate surface area is 93.0 Å². The van der Waals surface area contributed by atoms with Crippen molar-refractivity contribution < 1.29 is 4.79 Å². The van der Waals surface area contributed by atoms with Gasteiger partial charge >= 0.3 is 0 Å². The van der Waals surface area contributed by atoms with E-state index in [1.807, 2.05) is 6.92 Å². The van der Waals surface area contributed by atoms with E-state index in [1.165, 1.54) is 6.20 Å². The molecule has 0 saturated heterocycles. The van der Waals surface area contributed by atoms with Crippen molar-refractivity contribution in [1.82, 2.24) is 13.6 Å². The highest BCUT2D eigenvalue weighted by molar-refractivity contribution is 6.99. The molecule has 1 aromatic heterocycles. The van der Waals surface area contributed by atoms with Crippen LogP contribution in [0.1, 0.15) is 17.4 Å². The molecule has 1 atom stereocenters. The third kappa shape index (κ3) is 2.90. The highest BCUT2D eigenvalue weighted by Gasteiger charge is 2.17. The minimum atomic E-state index is -0.133. The van der Waals surface area contributed by atoms with Crippen LogP contribution in [0.3, 0.4) is 0 Å². The van der Waals surface area contributed by atoms with E-state index in [4.69, 9.17) is 5.73 Å². The second-order valence-corrected chi connectivity index (χ2v) is 3.35. The van der Waals surface area contributed by atoms with Gasteiger partial charge in [0.25, 0.3) is 5.91 Å². The number of carbonyl (C=O) groups is 1. The van der Waals surface area contributed by atoms with Gasteiger partial charge in [0.1, 0.15) is 0 Å². The van der Waals surface area contributed by atoms with Crippen molar-refractivity contribution in [2.24, 2.45) is 5.73 Å². The number of amides is 1. The monoisotopic (exact) mass is 236 g/mol. The minimum Gasteiger partial charge on any atom is -0.336 e. The van der Waals surface area contributed by atoms with E-state index in [-0.39, 0.29) is 24.4 Å². The van der Waals surface area contributed by atoms with Gasteiger partial charge in [-0.05, 0) is 6.92 Å². The van der Waals surface area contributed by atoms with Crippen LogP contribution in [-0.2, 0) is 0 Å². The highest BCUT2D eigenvalue weighted by atomic mass is 35.5. The van der Waals surface area contributed by atoms with Gasteiger partial charge in [0.2, 0.25) is 0 Å². The maximum atomic E-state index is 11.6. The molecular weight excluding hydrogens is 224 g/mol. The summed E-state index contributed by atoms with van der Waals surface area (Å²) >= 11 is 1.03. The number of likely N-dealkylation sites (N-methyl/N-ethyl adjacent to an activating group) is 1. The number of nitrogens with zero attached hydrogens (tertiary/aromatic N) is 3. The molecule has 80 valence electrons. The minimum absolute atomic E-state index is 0. The third-order valence-electron chi connectivity index (χ3n) is 1.90. The Morgan fingerprint density at radius 1 is 1.79 bits per heavy atom. The van der Waals surface area contributed by atoms with Crippen LogP contribution in [0.2, 0.25) is 0 Å². The molecule has 2 N–H and O–H groups in total. The number of hydrogen-bond acceptors (Lipinski definition) is 5. The molecule has 1 heterocycles. The van der Waals surface area contributed by atoms with E-state index < -0.39 is 0 Å². The summed E-state index contributed by atoms with van der Waals surface area (Å²) in [5.74, 6) is -0.133. The fourth-order valence-electron chi connectivity index (χ4n) is 0.798. The quantitative estimate of drug-likeness (QED) is 0.824. The highest BCUT2D eigenvalue weighted by Crippen LogP contribution is 2.03. The lowest BCUT2D eigenvalue weighted by Crippen LogP contribution is -2.39. The maximum absolute atomic E-state index is 11.6. The molecule has 0 aromatic carbocycles. The fourth-order valence-corrected chi connectivity index (χ4v) is 1.21. The lowest BCUT2D eigenvalue weighted by molar-refractivity contribution is 0.0743. The Morgan fingerprint density at radius 3 is 2.86 bits per heavy atom. The van der Waals surface area contributed by atoms with E-state index in [0.717, 1.165) is 11.7 Å². The lowest BCUT2D eigenvalue weighted by atomic mass is 10.3. The third-order valence-corrected chi connectivity index (χ3v) is 2.38. The molecule has 0 aliphatic heterocycles. The molecule has 1 amide bonds. The second-order valence-electron chi connectivity index (χ2n) is 2.79. The van der Waals surface area contributed by atoms with Crippen LogP contribution in [0.15, 0.2) is 6.20 Å². The molecule has 0 bridgehead atoms. The molecule has 0 radical (unpaired) electrons. The van der Waals surface area contributed by atoms with Gasteiger partial charge in [0.05, 0.1) is 17.9 Å². The lowest BCUT2D eigenvalue weighted by Gasteiger charge is -2.22. The predicted molar refractivity (Wildman–Crippen MR) is 57.8 cm³/mol. The SMILES string of the molecule is CC(CN)N(C)C(=O)c1cnsn1.Cl. The molecule has 0 spiro atoms. The zero-order valence-corrected chi connectivity index (χ0v) is 9.64. The van der Waals surface area contributed by atoms with Crippen LogP contribution in [0.4, 0.5) is 0 Å². The Kier molecular flexibility index (Phi) is 5.59. The first-order valence-corrected chi connectivity index (χ1v) is 4.64. The van der Waals surface area contributed by atoms with Crippen molar-refractivity contribution >= 4 is 30.0 Å². The van der Waals surface area contributed by atoms with Gasteiger partial charge in [-0.25, -0.2) is 0 Å². The smallest absolute Gasteiger partial charge is 0.275 e. The van der Waals surface area contributed by atoms with E-state index in [0.29, 0.717) is 12.2 Å². The Bertz CT molecular complexity index is 279. The molecule has 5 nitrogen and oxygen atoms in total. The molecule has 0 aliphatic rings. The first-order valence-electron chi connectivity index (χ1n) is 3.91. The average Bonchev–Trinajstić information content (AvgIpc) is 2.67. The van der Waals surface area contributed by atoms with Gasteiger partial charge in [-0.1, -0.05) is 0 Å². The Hall–Kier alpha value is -0.720. The standard InChI is InChI=1S/C7H12N4OS.ClH/c1-5(3-8)11(2)7(12)6-4-9-13-10-6;/h4-5H,3,8H2,1-2H3;1H. The summed E-state index contributed by atoms with van der Waals surface area (Å²) in [6.07, 6.45) is 1.47. The zero-order chi connectivity index (χ0) is 9.84. The Morgan fingerprint density at radius 2 is 2.43 bits per heavy atom. The summed E-state index contributed by atoms with van der Waals surface area (Å²) in [4.78, 5) is 13.1. The molecule has 14 heavy (non-hydrogen) atoms. The van der Waals surface area contributed by atoms with Crippen LogP contribution in [0.25, 0.3) is 0 Å². The van der Waals surface area contributed by atoms with Crippen molar-refractivity contribution in [3.05, 3.63) is 11.9 Å². The van der Waals surface area contributed by atoms with Gasteiger partial charge in [0, 0.05) is 19.6 Å². The van der Waals surface area contributed by atoms with Gasteiger partial charge in [-0.2, -0.15) is 8.75 Å². The molecule has 1 unspecified atom stereocenters. The van der Waals surface area contributed by atoms with Gasteiger partial charge in [0.15, 0.2) is 5.69 Å². The number of nitrogens with two attached hydrogens (primary N) is 1. The van der Waals surface area contributed by atoms with Crippen molar-refractivity contribution in [2.45, 2.75) is 13.0 Å². The molecule has 1 rings (SSSR count). The van der Waals surface area contributed by atoms with Crippen LogP contribution in [0, 0.1) is 0 Å². The maximum Gasteiger partial charge on any atom is 0.275 e. The second kappa shape index (κ2) is 5.90. The summed E-state index contributed by atoms with van der Waals surface area (Å²) in [5.41, 5.74) is 5.82. The molecular formula is C7H13ClN4OS. The van der Waals surface area contributed by atoms with Crippen molar-refractivity contribution in [1.29, 1.82) is 0 Å². The normalized spacial score (nSPS) is 11.6.